The number of halogens is 2. The molecule has 0 aliphatic carbocycles. The molecule has 8 heteroatoms. The fraction of sp³-hybridized carbons (Fsp3) is 0.263. The van der Waals surface area contributed by atoms with Crippen LogP contribution in [-0.2, 0) is 9.59 Å². The maximum atomic E-state index is 13.3. The summed E-state index contributed by atoms with van der Waals surface area (Å²) in [5.41, 5.74) is 0.529. The minimum absolute atomic E-state index is 0.00503. The SMILES string of the molecule is COc1ccc(N2C[C@H](C(=O)Nc3cc(F)cc(F)c3)CC2=O)c(OC)c1. The highest BCUT2D eigenvalue weighted by Crippen LogP contribution is 2.36. The number of amides is 2. The maximum Gasteiger partial charge on any atom is 0.229 e. The van der Waals surface area contributed by atoms with Crippen LogP contribution in [-0.4, -0.2) is 32.6 Å². The number of ether oxygens (including phenoxy) is 2. The summed E-state index contributed by atoms with van der Waals surface area (Å²) in [6, 6.07) is 7.76. The highest BCUT2D eigenvalue weighted by Gasteiger charge is 2.36. The van der Waals surface area contributed by atoms with E-state index >= 15 is 0 Å². The molecule has 27 heavy (non-hydrogen) atoms. The van der Waals surface area contributed by atoms with Gasteiger partial charge in [-0.15, -0.1) is 0 Å². The molecule has 142 valence electrons. The van der Waals surface area contributed by atoms with Gasteiger partial charge in [0.05, 0.1) is 25.8 Å². The summed E-state index contributed by atoms with van der Waals surface area (Å²) in [4.78, 5) is 26.3. The number of nitrogens with one attached hydrogen (secondary N) is 1. The largest absolute Gasteiger partial charge is 0.497 e. The topological polar surface area (TPSA) is 67.9 Å². The van der Waals surface area contributed by atoms with E-state index in [4.69, 9.17) is 9.47 Å². The monoisotopic (exact) mass is 376 g/mol. The summed E-state index contributed by atoms with van der Waals surface area (Å²) in [5.74, 6) is -1.96. The number of rotatable bonds is 5. The normalized spacial score (nSPS) is 16.4. The molecule has 3 rings (SSSR count). The average Bonchev–Trinajstić information content (AvgIpc) is 3.02. The minimum atomic E-state index is -0.794. The molecule has 0 saturated carbocycles. The molecule has 0 bridgehead atoms. The smallest absolute Gasteiger partial charge is 0.229 e. The zero-order valence-electron chi connectivity index (χ0n) is 14.8. The fourth-order valence-electron chi connectivity index (χ4n) is 2.99. The highest BCUT2D eigenvalue weighted by molar-refractivity contribution is 6.04. The van der Waals surface area contributed by atoms with Crippen LogP contribution in [0.1, 0.15) is 6.42 Å². The first-order chi connectivity index (χ1) is 12.9. The highest BCUT2D eigenvalue weighted by atomic mass is 19.1. The van der Waals surface area contributed by atoms with E-state index in [1.165, 1.54) is 19.1 Å². The minimum Gasteiger partial charge on any atom is -0.497 e. The van der Waals surface area contributed by atoms with Crippen LogP contribution in [0.4, 0.5) is 20.2 Å². The molecule has 0 aromatic heterocycles. The lowest BCUT2D eigenvalue weighted by atomic mass is 10.1. The molecular formula is C19H18F2N2O4. The first-order valence-electron chi connectivity index (χ1n) is 8.20. The first-order valence-corrected chi connectivity index (χ1v) is 8.20. The lowest BCUT2D eigenvalue weighted by Crippen LogP contribution is -2.28. The van der Waals surface area contributed by atoms with Gasteiger partial charge < -0.3 is 19.7 Å². The lowest BCUT2D eigenvalue weighted by molar-refractivity contribution is -0.122. The second kappa shape index (κ2) is 7.61. The van der Waals surface area contributed by atoms with Gasteiger partial charge in [0.2, 0.25) is 11.8 Å². The van der Waals surface area contributed by atoms with Crippen LogP contribution in [0.25, 0.3) is 0 Å². The Balaban J connectivity index is 1.76. The molecule has 2 aromatic rings. The van der Waals surface area contributed by atoms with Crippen molar-refractivity contribution in [3.05, 3.63) is 48.0 Å². The molecule has 2 amide bonds. The number of carbonyl (C=O) groups excluding carboxylic acids is 2. The Hall–Kier alpha value is -3.16. The molecule has 1 N–H and O–H groups in total. The molecule has 6 nitrogen and oxygen atoms in total. The molecule has 0 radical (unpaired) electrons. The Bertz CT molecular complexity index is 868. The van der Waals surface area contributed by atoms with Gasteiger partial charge in [0.15, 0.2) is 0 Å². The van der Waals surface area contributed by atoms with Gasteiger partial charge in [-0.2, -0.15) is 0 Å². The number of nitrogens with zero attached hydrogens (tertiary/aromatic N) is 1. The van der Waals surface area contributed by atoms with E-state index in [2.05, 4.69) is 5.32 Å². The Morgan fingerprint density at radius 3 is 2.44 bits per heavy atom. The standard InChI is InChI=1S/C19H18F2N2O4/c1-26-15-3-4-16(17(9-15)27-2)23-10-11(5-18(23)24)19(25)22-14-7-12(20)6-13(21)8-14/h3-4,6-9,11H,5,10H2,1-2H3,(H,22,25)/t11-/m1/s1. The summed E-state index contributed by atoms with van der Waals surface area (Å²) in [5, 5.41) is 2.46. The second-order valence-corrected chi connectivity index (χ2v) is 6.09. The van der Waals surface area contributed by atoms with Crippen molar-refractivity contribution in [3.63, 3.8) is 0 Å². The van der Waals surface area contributed by atoms with Crippen molar-refractivity contribution >= 4 is 23.2 Å². The Morgan fingerprint density at radius 2 is 1.81 bits per heavy atom. The quantitative estimate of drug-likeness (QED) is 0.871. The van der Waals surface area contributed by atoms with Crippen LogP contribution in [0, 0.1) is 17.6 Å². The molecule has 2 aromatic carbocycles. The molecule has 1 aliphatic rings. The molecule has 1 saturated heterocycles. The van der Waals surface area contributed by atoms with Gasteiger partial charge in [-0.05, 0) is 24.3 Å². The molecule has 1 fully saturated rings. The Morgan fingerprint density at radius 1 is 1.11 bits per heavy atom. The third-order valence-electron chi connectivity index (χ3n) is 4.30. The van der Waals surface area contributed by atoms with Crippen molar-refractivity contribution in [2.45, 2.75) is 6.42 Å². The molecule has 1 atom stereocenters. The van der Waals surface area contributed by atoms with Gasteiger partial charge in [-0.25, -0.2) is 8.78 Å². The van der Waals surface area contributed by atoms with Crippen LogP contribution < -0.4 is 19.7 Å². The van der Waals surface area contributed by atoms with Crippen molar-refractivity contribution in [1.29, 1.82) is 0 Å². The number of carbonyl (C=O) groups is 2. The predicted octanol–water partition coefficient (Wildman–Crippen LogP) is 2.97. The van der Waals surface area contributed by atoms with Gasteiger partial charge in [-0.1, -0.05) is 0 Å². The molecule has 0 unspecified atom stereocenters. The van der Waals surface area contributed by atoms with Gasteiger partial charge in [0.1, 0.15) is 23.1 Å². The van der Waals surface area contributed by atoms with Crippen LogP contribution in [0.15, 0.2) is 36.4 Å². The van der Waals surface area contributed by atoms with Crippen LogP contribution in [0.3, 0.4) is 0 Å². The molecule has 1 aliphatic heterocycles. The third-order valence-corrected chi connectivity index (χ3v) is 4.30. The summed E-state index contributed by atoms with van der Waals surface area (Å²) in [6.07, 6.45) is -0.0151. The van der Waals surface area contributed by atoms with Gasteiger partial charge >= 0.3 is 0 Å². The number of benzene rings is 2. The van der Waals surface area contributed by atoms with Crippen molar-refractivity contribution in [2.75, 3.05) is 31.0 Å². The lowest BCUT2D eigenvalue weighted by Gasteiger charge is -2.20. The van der Waals surface area contributed by atoms with Crippen molar-refractivity contribution in [2.24, 2.45) is 5.92 Å². The number of methoxy groups -OCH3 is 2. The molecule has 1 heterocycles. The number of hydrogen-bond donors (Lipinski definition) is 1. The molecular weight excluding hydrogens is 358 g/mol. The van der Waals surface area contributed by atoms with E-state index in [0.29, 0.717) is 23.3 Å². The van der Waals surface area contributed by atoms with Gasteiger partial charge in [0.25, 0.3) is 0 Å². The van der Waals surface area contributed by atoms with Crippen molar-refractivity contribution < 1.29 is 27.8 Å². The van der Waals surface area contributed by atoms with E-state index < -0.39 is 23.5 Å². The van der Waals surface area contributed by atoms with Crippen LogP contribution in [0.2, 0.25) is 0 Å². The van der Waals surface area contributed by atoms with E-state index in [9.17, 15) is 18.4 Å². The summed E-state index contributed by atoms with van der Waals surface area (Å²) < 4.78 is 37.0. The summed E-state index contributed by atoms with van der Waals surface area (Å²) in [6.45, 7) is 0.130. The fourth-order valence-corrected chi connectivity index (χ4v) is 2.99. The summed E-state index contributed by atoms with van der Waals surface area (Å²) in [7, 11) is 2.99. The van der Waals surface area contributed by atoms with E-state index in [1.54, 1.807) is 18.2 Å². The zero-order valence-corrected chi connectivity index (χ0v) is 14.8. The zero-order chi connectivity index (χ0) is 19.6. The van der Waals surface area contributed by atoms with Crippen LogP contribution in [0.5, 0.6) is 11.5 Å². The van der Waals surface area contributed by atoms with E-state index in [1.807, 2.05) is 0 Å². The number of hydrogen-bond acceptors (Lipinski definition) is 4. The van der Waals surface area contributed by atoms with Crippen molar-refractivity contribution in [1.82, 2.24) is 0 Å². The predicted molar refractivity (Wildman–Crippen MR) is 95.0 cm³/mol. The summed E-state index contributed by atoms with van der Waals surface area (Å²) >= 11 is 0. The van der Waals surface area contributed by atoms with Gasteiger partial charge in [-0.3, -0.25) is 9.59 Å². The van der Waals surface area contributed by atoms with E-state index in [0.717, 1.165) is 12.1 Å². The Kier molecular flexibility index (Phi) is 5.25. The van der Waals surface area contributed by atoms with E-state index in [-0.39, 0.29) is 24.6 Å². The second-order valence-electron chi connectivity index (χ2n) is 6.09. The average molecular weight is 376 g/mol. The van der Waals surface area contributed by atoms with Crippen LogP contribution >= 0.6 is 0 Å². The third kappa shape index (κ3) is 3.99. The maximum absolute atomic E-state index is 13.3. The van der Waals surface area contributed by atoms with Gasteiger partial charge in [0, 0.05) is 30.8 Å². The Labute approximate surface area is 154 Å². The first kappa shape index (κ1) is 18.6. The molecule has 0 spiro atoms. The number of anilines is 2. The van der Waals surface area contributed by atoms with Crippen molar-refractivity contribution in [3.8, 4) is 11.5 Å².